The fraction of sp³-hybridized carbons (Fsp3) is 0.409. The van der Waals surface area contributed by atoms with E-state index in [1.165, 1.54) is 4.31 Å². The van der Waals surface area contributed by atoms with Crippen molar-refractivity contribution in [2.24, 2.45) is 0 Å². The average molecular weight is 417 g/mol. The van der Waals surface area contributed by atoms with E-state index in [-0.39, 0.29) is 23.9 Å². The molecule has 29 heavy (non-hydrogen) atoms. The highest BCUT2D eigenvalue weighted by Crippen LogP contribution is 2.21. The fourth-order valence-electron chi connectivity index (χ4n) is 3.57. The summed E-state index contributed by atoms with van der Waals surface area (Å²) in [6.07, 6.45) is -0.0255. The second-order valence-electron chi connectivity index (χ2n) is 7.38. The van der Waals surface area contributed by atoms with Crippen molar-refractivity contribution in [2.45, 2.75) is 38.2 Å². The van der Waals surface area contributed by atoms with Crippen LogP contribution in [-0.2, 0) is 14.8 Å². The zero-order valence-electron chi connectivity index (χ0n) is 17.2. The Labute approximate surface area is 173 Å². The van der Waals surface area contributed by atoms with E-state index in [0.717, 1.165) is 11.1 Å². The van der Waals surface area contributed by atoms with Crippen LogP contribution in [0.15, 0.2) is 53.4 Å². The van der Waals surface area contributed by atoms with Gasteiger partial charge in [0.05, 0.1) is 4.90 Å². The van der Waals surface area contributed by atoms with Gasteiger partial charge in [-0.3, -0.25) is 4.79 Å². The van der Waals surface area contributed by atoms with Crippen molar-refractivity contribution in [3.05, 3.63) is 59.7 Å². The van der Waals surface area contributed by atoms with Gasteiger partial charge in [0.15, 0.2) is 6.10 Å². The molecular weight excluding hydrogens is 388 g/mol. The van der Waals surface area contributed by atoms with E-state index in [2.05, 4.69) is 6.07 Å². The number of sulfonamides is 1. The van der Waals surface area contributed by atoms with Crippen molar-refractivity contribution in [1.29, 1.82) is 0 Å². The number of piperazine rings is 1. The van der Waals surface area contributed by atoms with Crippen molar-refractivity contribution < 1.29 is 17.9 Å². The highest BCUT2D eigenvalue weighted by molar-refractivity contribution is 7.89. The van der Waals surface area contributed by atoms with E-state index >= 15 is 0 Å². The number of benzene rings is 2. The third kappa shape index (κ3) is 4.97. The largest absolute Gasteiger partial charge is 0.481 e. The molecule has 2 aromatic carbocycles. The summed E-state index contributed by atoms with van der Waals surface area (Å²) in [5, 5.41) is 0. The second kappa shape index (κ2) is 8.97. The minimum absolute atomic E-state index is 0.0941. The molecule has 0 saturated carbocycles. The number of hydrogen-bond donors (Lipinski definition) is 0. The normalized spacial score (nSPS) is 16.4. The predicted octanol–water partition coefficient (Wildman–Crippen LogP) is 2.99. The number of rotatable bonds is 6. The van der Waals surface area contributed by atoms with Gasteiger partial charge in [0.2, 0.25) is 10.0 Å². The smallest absolute Gasteiger partial charge is 0.263 e. The molecule has 1 heterocycles. The zero-order valence-corrected chi connectivity index (χ0v) is 18.0. The summed E-state index contributed by atoms with van der Waals surface area (Å²) in [7, 11) is -3.53. The van der Waals surface area contributed by atoms with E-state index in [9.17, 15) is 13.2 Å². The first-order valence-corrected chi connectivity index (χ1v) is 11.3. The molecule has 6 nitrogen and oxygen atoms in total. The third-order valence-electron chi connectivity index (χ3n) is 5.05. The molecule has 156 valence electrons. The Morgan fingerprint density at radius 1 is 1.00 bits per heavy atom. The Morgan fingerprint density at radius 2 is 1.59 bits per heavy atom. The molecule has 1 fully saturated rings. The molecule has 0 bridgehead atoms. The zero-order chi connectivity index (χ0) is 21.0. The van der Waals surface area contributed by atoms with E-state index in [1.54, 1.807) is 35.2 Å². The maximum Gasteiger partial charge on any atom is 0.263 e. The molecule has 7 heteroatoms. The minimum atomic E-state index is -3.53. The lowest BCUT2D eigenvalue weighted by Gasteiger charge is -2.35. The van der Waals surface area contributed by atoms with Gasteiger partial charge < -0.3 is 9.64 Å². The third-order valence-corrected chi connectivity index (χ3v) is 6.96. The predicted molar refractivity (Wildman–Crippen MR) is 112 cm³/mol. The van der Waals surface area contributed by atoms with E-state index < -0.39 is 16.1 Å². The van der Waals surface area contributed by atoms with Crippen molar-refractivity contribution in [3.63, 3.8) is 0 Å². The van der Waals surface area contributed by atoms with E-state index in [0.29, 0.717) is 25.3 Å². The van der Waals surface area contributed by atoms with Crippen LogP contribution in [0.2, 0.25) is 0 Å². The van der Waals surface area contributed by atoms with Crippen LogP contribution in [-0.4, -0.2) is 55.8 Å². The lowest BCUT2D eigenvalue weighted by molar-refractivity contribution is -0.140. The topological polar surface area (TPSA) is 66.9 Å². The molecule has 1 amide bonds. The number of amides is 1. The van der Waals surface area contributed by atoms with Crippen LogP contribution in [0.3, 0.4) is 0 Å². The highest BCUT2D eigenvalue weighted by atomic mass is 32.2. The Balaban J connectivity index is 1.64. The summed E-state index contributed by atoms with van der Waals surface area (Å²) in [6.45, 7) is 7.19. The van der Waals surface area contributed by atoms with Crippen LogP contribution in [0, 0.1) is 13.8 Å². The molecule has 1 saturated heterocycles. The molecular formula is C22H28N2O4S. The molecule has 1 atom stereocenters. The lowest BCUT2D eigenvalue weighted by Crippen LogP contribution is -2.53. The summed E-state index contributed by atoms with van der Waals surface area (Å²) in [5.74, 6) is 0.594. The van der Waals surface area contributed by atoms with Gasteiger partial charge in [0.25, 0.3) is 5.91 Å². The first-order valence-electron chi connectivity index (χ1n) is 9.90. The minimum Gasteiger partial charge on any atom is -0.481 e. The van der Waals surface area contributed by atoms with Crippen LogP contribution in [0.1, 0.15) is 24.5 Å². The number of nitrogens with zero attached hydrogens (tertiary/aromatic N) is 2. The van der Waals surface area contributed by atoms with Gasteiger partial charge in [-0.05, 0) is 55.7 Å². The molecule has 0 N–H and O–H groups in total. The molecule has 1 aliphatic heterocycles. The number of carbonyl (C=O) groups excluding carboxylic acids is 1. The fourth-order valence-corrected chi connectivity index (χ4v) is 5.01. The molecule has 0 aliphatic carbocycles. The molecule has 0 spiro atoms. The van der Waals surface area contributed by atoms with E-state index in [1.807, 2.05) is 32.9 Å². The van der Waals surface area contributed by atoms with Crippen LogP contribution < -0.4 is 4.74 Å². The SMILES string of the molecule is CC[C@@H](Oc1cc(C)cc(C)c1)C(=O)N1CCN(S(=O)(=O)c2ccccc2)CC1. The Hall–Kier alpha value is -2.38. The van der Waals surface area contributed by atoms with Crippen molar-refractivity contribution in [2.75, 3.05) is 26.2 Å². The summed E-state index contributed by atoms with van der Waals surface area (Å²) in [4.78, 5) is 14.9. The Morgan fingerprint density at radius 3 is 2.14 bits per heavy atom. The molecule has 0 aromatic heterocycles. The Bertz CT molecular complexity index is 932. The Kier molecular flexibility index (Phi) is 6.59. The lowest BCUT2D eigenvalue weighted by atomic mass is 10.1. The van der Waals surface area contributed by atoms with Gasteiger partial charge in [0.1, 0.15) is 5.75 Å². The number of ether oxygens (including phenoxy) is 1. The summed E-state index contributed by atoms with van der Waals surface area (Å²) in [5.41, 5.74) is 2.17. The first-order chi connectivity index (χ1) is 13.8. The van der Waals surface area contributed by atoms with Gasteiger partial charge in [-0.15, -0.1) is 0 Å². The molecule has 2 aromatic rings. The van der Waals surface area contributed by atoms with Gasteiger partial charge in [0, 0.05) is 26.2 Å². The average Bonchev–Trinajstić information content (AvgIpc) is 2.71. The van der Waals surface area contributed by atoms with E-state index in [4.69, 9.17) is 4.74 Å². The molecule has 3 rings (SSSR count). The van der Waals surface area contributed by atoms with Gasteiger partial charge in [-0.2, -0.15) is 4.31 Å². The van der Waals surface area contributed by atoms with Gasteiger partial charge in [-0.25, -0.2) is 8.42 Å². The van der Waals surface area contributed by atoms with Crippen LogP contribution in [0.5, 0.6) is 5.75 Å². The van der Waals surface area contributed by atoms with Crippen molar-refractivity contribution in [3.8, 4) is 5.75 Å². The summed E-state index contributed by atoms with van der Waals surface area (Å²) in [6, 6.07) is 14.3. The highest BCUT2D eigenvalue weighted by Gasteiger charge is 2.32. The standard InChI is InChI=1S/C22H28N2O4S/c1-4-21(28-19-15-17(2)14-18(3)16-19)22(25)23-10-12-24(13-11-23)29(26,27)20-8-6-5-7-9-20/h5-9,14-16,21H,4,10-13H2,1-3H3/t21-/m1/s1. The van der Waals surface area contributed by atoms with Crippen molar-refractivity contribution >= 4 is 15.9 Å². The maximum absolute atomic E-state index is 13.0. The molecule has 0 unspecified atom stereocenters. The molecule has 0 radical (unpaired) electrons. The van der Waals surface area contributed by atoms with Crippen LogP contribution >= 0.6 is 0 Å². The van der Waals surface area contributed by atoms with Crippen molar-refractivity contribution in [1.82, 2.24) is 9.21 Å². The number of hydrogen-bond acceptors (Lipinski definition) is 4. The second-order valence-corrected chi connectivity index (χ2v) is 9.32. The maximum atomic E-state index is 13.0. The quantitative estimate of drug-likeness (QED) is 0.726. The number of carbonyl (C=O) groups is 1. The van der Waals surface area contributed by atoms with Gasteiger partial charge in [-0.1, -0.05) is 31.2 Å². The number of aryl methyl sites for hydroxylation is 2. The summed E-state index contributed by atoms with van der Waals surface area (Å²) < 4.78 is 32.9. The van der Waals surface area contributed by atoms with Gasteiger partial charge >= 0.3 is 0 Å². The monoisotopic (exact) mass is 416 g/mol. The van der Waals surface area contributed by atoms with Crippen LogP contribution in [0.25, 0.3) is 0 Å². The first kappa shape index (κ1) is 21.3. The summed E-state index contributed by atoms with van der Waals surface area (Å²) >= 11 is 0. The van der Waals surface area contributed by atoms with Crippen LogP contribution in [0.4, 0.5) is 0 Å². The molecule has 1 aliphatic rings.